The van der Waals surface area contributed by atoms with Crippen LogP contribution in [-0.4, -0.2) is 25.9 Å². The highest BCUT2D eigenvalue weighted by Gasteiger charge is 2.41. The van der Waals surface area contributed by atoms with Gasteiger partial charge >= 0.3 is 0 Å². The minimum absolute atomic E-state index is 0.0139. The number of rotatable bonds is 5. The van der Waals surface area contributed by atoms with E-state index in [9.17, 15) is 4.79 Å². The van der Waals surface area contributed by atoms with Gasteiger partial charge < -0.3 is 5.32 Å². The average molecular weight is 397 g/mol. The van der Waals surface area contributed by atoms with Crippen LogP contribution in [0.2, 0.25) is 0 Å². The molecule has 0 spiro atoms. The molecule has 30 heavy (non-hydrogen) atoms. The molecule has 6 nitrogen and oxygen atoms in total. The van der Waals surface area contributed by atoms with Crippen molar-refractivity contribution in [3.05, 3.63) is 83.8 Å². The number of carbonyl (C=O) groups excluding carboxylic acids is 1. The molecular formula is C24H23N5O. The molecule has 1 aliphatic carbocycles. The fourth-order valence-corrected chi connectivity index (χ4v) is 4.16. The third-order valence-electron chi connectivity index (χ3n) is 6.01. The average Bonchev–Trinajstić information content (AvgIpc) is 3.38. The van der Waals surface area contributed by atoms with Crippen LogP contribution in [0.5, 0.6) is 0 Å². The van der Waals surface area contributed by atoms with E-state index in [0.29, 0.717) is 23.2 Å². The number of aromatic nitrogens is 4. The first kappa shape index (κ1) is 18.5. The number of amides is 1. The molecule has 0 bridgehead atoms. The molecule has 6 heteroatoms. The molecule has 1 N–H and O–H groups in total. The van der Waals surface area contributed by atoms with Gasteiger partial charge in [-0.25, -0.2) is 4.68 Å². The maximum absolute atomic E-state index is 13.2. The van der Waals surface area contributed by atoms with Crippen LogP contribution in [0, 0.1) is 18.8 Å². The molecule has 5 rings (SSSR count). The zero-order chi connectivity index (χ0) is 20.7. The molecule has 1 fully saturated rings. The van der Waals surface area contributed by atoms with E-state index in [1.54, 1.807) is 10.9 Å². The Morgan fingerprint density at radius 1 is 1.10 bits per heavy atom. The molecule has 4 aromatic rings. The molecule has 3 atom stereocenters. The van der Waals surface area contributed by atoms with E-state index in [-0.39, 0.29) is 11.9 Å². The van der Waals surface area contributed by atoms with Gasteiger partial charge in [0.2, 0.25) is 0 Å². The largest absolute Gasteiger partial charge is 0.343 e. The van der Waals surface area contributed by atoms with Crippen LogP contribution >= 0.6 is 0 Å². The number of hydrogen-bond donors (Lipinski definition) is 1. The van der Waals surface area contributed by atoms with Gasteiger partial charge in [-0.15, -0.1) is 5.10 Å². The maximum atomic E-state index is 13.2. The molecule has 1 aliphatic rings. The summed E-state index contributed by atoms with van der Waals surface area (Å²) in [5.41, 5.74) is 3.93. The van der Waals surface area contributed by atoms with E-state index in [2.05, 4.69) is 39.7 Å². The molecule has 150 valence electrons. The zero-order valence-electron chi connectivity index (χ0n) is 17.0. The maximum Gasteiger partial charge on any atom is 0.274 e. The SMILES string of the molecule is Cc1c(C(=O)NC(c2ccccc2)C2CC2C)nnn1-c1cccc2ncccc12. The van der Waals surface area contributed by atoms with Crippen LogP contribution < -0.4 is 5.32 Å². The molecule has 0 aliphatic heterocycles. The second-order valence-corrected chi connectivity index (χ2v) is 8.02. The summed E-state index contributed by atoms with van der Waals surface area (Å²) < 4.78 is 1.72. The first-order valence-corrected chi connectivity index (χ1v) is 10.3. The predicted molar refractivity (Wildman–Crippen MR) is 115 cm³/mol. The minimum Gasteiger partial charge on any atom is -0.343 e. The lowest BCUT2D eigenvalue weighted by Gasteiger charge is -2.19. The normalized spacial score (nSPS) is 18.9. The topological polar surface area (TPSA) is 72.7 Å². The highest BCUT2D eigenvalue weighted by molar-refractivity contribution is 5.94. The molecule has 1 saturated carbocycles. The minimum atomic E-state index is -0.190. The molecule has 2 aromatic carbocycles. The van der Waals surface area contributed by atoms with Gasteiger partial charge in [-0.3, -0.25) is 9.78 Å². The van der Waals surface area contributed by atoms with Gasteiger partial charge in [0, 0.05) is 11.6 Å². The Hall–Kier alpha value is -3.54. The number of fused-ring (bicyclic) bond motifs is 1. The van der Waals surface area contributed by atoms with Crippen LogP contribution in [0.1, 0.15) is 41.1 Å². The Balaban J connectivity index is 1.47. The summed E-state index contributed by atoms with van der Waals surface area (Å²) in [6.07, 6.45) is 2.89. The van der Waals surface area contributed by atoms with Crippen molar-refractivity contribution in [1.82, 2.24) is 25.3 Å². The van der Waals surface area contributed by atoms with Crippen molar-refractivity contribution < 1.29 is 4.79 Å². The molecule has 1 amide bonds. The summed E-state index contributed by atoms with van der Waals surface area (Å²) in [6, 6.07) is 19.9. The van der Waals surface area contributed by atoms with Gasteiger partial charge in [-0.05, 0) is 55.0 Å². The van der Waals surface area contributed by atoms with E-state index >= 15 is 0 Å². The van der Waals surface area contributed by atoms with Crippen LogP contribution in [0.15, 0.2) is 66.9 Å². The zero-order valence-corrected chi connectivity index (χ0v) is 17.0. The Morgan fingerprint density at radius 3 is 2.67 bits per heavy atom. The van der Waals surface area contributed by atoms with Crippen molar-refractivity contribution in [2.45, 2.75) is 26.3 Å². The number of nitrogens with zero attached hydrogens (tertiary/aromatic N) is 4. The van der Waals surface area contributed by atoms with Gasteiger partial charge in [-0.1, -0.05) is 48.5 Å². The highest BCUT2D eigenvalue weighted by Crippen LogP contribution is 2.47. The Kier molecular flexibility index (Phi) is 4.54. The fourth-order valence-electron chi connectivity index (χ4n) is 4.16. The Labute approximate surface area is 175 Å². The predicted octanol–water partition coefficient (Wildman–Crippen LogP) is 4.25. The standard InChI is InChI=1S/C24H23N5O/c1-15-14-19(15)23(17-8-4-3-5-9-17)26-24(30)22-16(2)29(28-27-22)21-12-6-11-20-18(21)10-7-13-25-20/h3-13,15,19,23H,14H2,1-2H3,(H,26,30). The van der Waals surface area contributed by atoms with Crippen LogP contribution in [0.4, 0.5) is 0 Å². The molecule has 0 saturated heterocycles. The lowest BCUT2D eigenvalue weighted by Crippen LogP contribution is -2.31. The Bertz CT molecular complexity index is 1210. The first-order chi connectivity index (χ1) is 14.6. The molecule has 0 radical (unpaired) electrons. The molecule has 2 heterocycles. The van der Waals surface area contributed by atoms with E-state index in [1.165, 1.54) is 0 Å². The fraction of sp³-hybridized carbons (Fsp3) is 0.250. The second kappa shape index (κ2) is 7.37. The monoisotopic (exact) mass is 397 g/mol. The Morgan fingerprint density at radius 2 is 1.90 bits per heavy atom. The van der Waals surface area contributed by atoms with Crippen molar-refractivity contribution >= 4 is 16.8 Å². The van der Waals surface area contributed by atoms with Gasteiger partial charge in [0.15, 0.2) is 5.69 Å². The van der Waals surface area contributed by atoms with E-state index < -0.39 is 0 Å². The molecule has 2 aromatic heterocycles. The van der Waals surface area contributed by atoms with Crippen molar-refractivity contribution in [3.8, 4) is 5.69 Å². The van der Waals surface area contributed by atoms with E-state index in [4.69, 9.17) is 0 Å². The third-order valence-corrected chi connectivity index (χ3v) is 6.01. The molecular weight excluding hydrogens is 374 g/mol. The van der Waals surface area contributed by atoms with Crippen LogP contribution in [0.25, 0.3) is 16.6 Å². The van der Waals surface area contributed by atoms with Crippen molar-refractivity contribution in [3.63, 3.8) is 0 Å². The van der Waals surface area contributed by atoms with Gasteiger partial charge in [0.05, 0.1) is 22.9 Å². The number of hydrogen-bond acceptors (Lipinski definition) is 4. The summed E-state index contributed by atoms with van der Waals surface area (Å²) in [4.78, 5) is 17.6. The smallest absolute Gasteiger partial charge is 0.274 e. The van der Waals surface area contributed by atoms with E-state index in [0.717, 1.165) is 28.6 Å². The summed E-state index contributed by atoms with van der Waals surface area (Å²) in [6.45, 7) is 4.10. The highest BCUT2D eigenvalue weighted by atomic mass is 16.2. The summed E-state index contributed by atoms with van der Waals surface area (Å²) >= 11 is 0. The van der Waals surface area contributed by atoms with Gasteiger partial charge in [0.1, 0.15) is 0 Å². The lowest BCUT2D eigenvalue weighted by molar-refractivity contribution is 0.0925. The number of carbonyl (C=O) groups is 1. The van der Waals surface area contributed by atoms with Crippen LogP contribution in [-0.2, 0) is 0 Å². The third kappa shape index (κ3) is 3.24. The van der Waals surface area contributed by atoms with Crippen molar-refractivity contribution in [2.24, 2.45) is 11.8 Å². The number of nitrogens with one attached hydrogen (secondary N) is 1. The summed E-state index contributed by atoms with van der Waals surface area (Å²) in [5, 5.41) is 12.7. The summed E-state index contributed by atoms with van der Waals surface area (Å²) in [7, 11) is 0. The molecule has 3 unspecified atom stereocenters. The van der Waals surface area contributed by atoms with Gasteiger partial charge in [0.25, 0.3) is 5.91 Å². The van der Waals surface area contributed by atoms with Crippen molar-refractivity contribution in [1.29, 1.82) is 0 Å². The second-order valence-electron chi connectivity index (χ2n) is 8.02. The first-order valence-electron chi connectivity index (χ1n) is 10.3. The van der Waals surface area contributed by atoms with Crippen LogP contribution in [0.3, 0.4) is 0 Å². The lowest BCUT2D eigenvalue weighted by atomic mass is 10.0. The summed E-state index contributed by atoms with van der Waals surface area (Å²) in [5.74, 6) is 0.872. The quantitative estimate of drug-likeness (QED) is 0.546. The number of pyridine rings is 1. The van der Waals surface area contributed by atoms with Crippen molar-refractivity contribution in [2.75, 3.05) is 0 Å². The number of benzene rings is 2. The van der Waals surface area contributed by atoms with Gasteiger partial charge in [-0.2, -0.15) is 0 Å². The van der Waals surface area contributed by atoms with E-state index in [1.807, 2.05) is 55.5 Å².